The van der Waals surface area contributed by atoms with E-state index in [-0.39, 0.29) is 24.4 Å². The minimum atomic E-state index is -0.165. The Morgan fingerprint density at radius 1 is 1.37 bits per heavy atom. The van der Waals surface area contributed by atoms with E-state index in [4.69, 9.17) is 0 Å². The second kappa shape index (κ2) is 6.70. The number of hydrogen-bond acceptors (Lipinski definition) is 2. The van der Waals surface area contributed by atoms with Crippen molar-refractivity contribution in [1.29, 1.82) is 0 Å². The molecule has 0 heterocycles. The first-order valence-electron chi connectivity index (χ1n) is 6.15. The lowest BCUT2D eigenvalue weighted by molar-refractivity contribution is -0.123. The first-order chi connectivity index (χ1) is 8.81. The molecule has 2 amide bonds. The Hall–Kier alpha value is -1.36. The second-order valence-electron chi connectivity index (χ2n) is 4.76. The molecule has 0 radical (unpaired) electrons. The molecule has 0 fully saturated rings. The number of nitrogens with zero attached hydrogens (tertiary/aromatic N) is 1. The molecule has 0 aliphatic rings. The van der Waals surface area contributed by atoms with Gasteiger partial charge in [0.15, 0.2) is 0 Å². The molecule has 1 aromatic carbocycles. The van der Waals surface area contributed by atoms with E-state index in [1.165, 1.54) is 11.8 Å². The normalized spacial score (nSPS) is 10.4. The number of nitrogens with one attached hydrogen (secondary N) is 1. The predicted octanol–water partition coefficient (Wildman–Crippen LogP) is 2.64. The molecule has 0 spiro atoms. The molecule has 1 N–H and O–H groups in total. The molecule has 1 rings (SSSR count). The summed E-state index contributed by atoms with van der Waals surface area (Å²) in [6, 6.07) is 5.66. The van der Waals surface area contributed by atoms with E-state index in [1.807, 2.05) is 39.0 Å². The molecule has 5 heteroatoms. The molecule has 19 heavy (non-hydrogen) atoms. The van der Waals surface area contributed by atoms with Crippen molar-refractivity contribution in [2.24, 2.45) is 0 Å². The SMILES string of the molecule is CC(=O)N(CC(=O)NC(C)C)c1ccc(C)c(Br)c1. The van der Waals surface area contributed by atoms with Crippen LogP contribution in [0.4, 0.5) is 5.69 Å². The second-order valence-corrected chi connectivity index (χ2v) is 5.62. The van der Waals surface area contributed by atoms with Crippen molar-refractivity contribution in [3.05, 3.63) is 28.2 Å². The van der Waals surface area contributed by atoms with Crippen molar-refractivity contribution in [1.82, 2.24) is 5.32 Å². The lowest BCUT2D eigenvalue weighted by Gasteiger charge is -2.22. The van der Waals surface area contributed by atoms with Gasteiger partial charge in [0.2, 0.25) is 11.8 Å². The summed E-state index contributed by atoms with van der Waals surface area (Å²) in [6.45, 7) is 7.23. The first-order valence-corrected chi connectivity index (χ1v) is 6.94. The third-order valence-corrected chi connectivity index (χ3v) is 3.45. The summed E-state index contributed by atoms with van der Waals surface area (Å²) < 4.78 is 0.917. The minimum absolute atomic E-state index is 0.0308. The van der Waals surface area contributed by atoms with Crippen LogP contribution < -0.4 is 10.2 Å². The Morgan fingerprint density at radius 2 is 2.00 bits per heavy atom. The van der Waals surface area contributed by atoms with Gasteiger partial charge in [-0.2, -0.15) is 0 Å². The maximum atomic E-state index is 11.8. The van der Waals surface area contributed by atoms with Gasteiger partial charge in [-0.05, 0) is 38.5 Å². The van der Waals surface area contributed by atoms with Crippen LogP contribution >= 0.6 is 15.9 Å². The van der Waals surface area contributed by atoms with Gasteiger partial charge < -0.3 is 10.2 Å². The zero-order chi connectivity index (χ0) is 14.6. The third kappa shape index (κ3) is 4.67. The number of carbonyl (C=O) groups excluding carboxylic acids is 2. The maximum absolute atomic E-state index is 11.8. The van der Waals surface area contributed by atoms with Gasteiger partial charge in [0, 0.05) is 23.1 Å². The number of anilines is 1. The maximum Gasteiger partial charge on any atom is 0.240 e. The molecule has 0 aromatic heterocycles. The van der Waals surface area contributed by atoms with Crippen LogP contribution in [0, 0.1) is 6.92 Å². The number of hydrogen-bond donors (Lipinski definition) is 1. The molecule has 0 aliphatic heterocycles. The van der Waals surface area contributed by atoms with Gasteiger partial charge in [0.05, 0.1) is 0 Å². The highest BCUT2D eigenvalue weighted by Crippen LogP contribution is 2.23. The number of rotatable bonds is 4. The number of aryl methyl sites for hydroxylation is 1. The van der Waals surface area contributed by atoms with E-state index in [0.717, 1.165) is 10.0 Å². The molecule has 0 bridgehead atoms. The lowest BCUT2D eigenvalue weighted by Crippen LogP contribution is -2.42. The fraction of sp³-hybridized carbons (Fsp3) is 0.429. The minimum Gasteiger partial charge on any atom is -0.352 e. The Kier molecular flexibility index (Phi) is 5.54. The summed E-state index contributed by atoms with van der Waals surface area (Å²) in [7, 11) is 0. The fourth-order valence-corrected chi connectivity index (χ4v) is 2.01. The van der Waals surface area contributed by atoms with Gasteiger partial charge in [-0.25, -0.2) is 0 Å². The number of benzene rings is 1. The van der Waals surface area contributed by atoms with Gasteiger partial charge in [-0.1, -0.05) is 22.0 Å². The highest BCUT2D eigenvalue weighted by molar-refractivity contribution is 9.10. The molecule has 4 nitrogen and oxygen atoms in total. The predicted molar refractivity (Wildman–Crippen MR) is 80.2 cm³/mol. The quantitative estimate of drug-likeness (QED) is 0.924. The zero-order valence-corrected chi connectivity index (χ0v) is 13.2. The summed E-state index contributed by atoms with van der Waals surface area (Å²) in [4.78, 5) is 24.9. The van der Waals surface area contributed by atoms with Crippen molar-refractivity contribution in [2.45, 2.75) is 33.7 Å². The van der Waals surface area contributed by atoms with Crippen LogP contribution in [-0.2, 0) is 9.59 Å². The average molecular weight is 327 g/mol. The first kappa shape index (κ1) is 15.7. The topological polar surface area (TPSA) is 49.4 Å². The molecular formula is C14H19BrN2O2. The van der Waals surface area contributed by atoms with Crippen molar-refractivity contribution >= 4 is 33.4 Å². The summed E-state index contributed by atoms with van der Waals surface area (Å²) >= 11 is 3.43. The Balaban J connectivity index is 2.91. The van der Waals surface area contributed by atoms with Gasteiger partial charge in [0.1, 0.15) is 6.54 Å². The molecule has 1 aromatic rings. The number of amides is 2. The summed E-state index contributed by atoms with van der Waals surface area (Å²) in [5, 5.41) is 2.78. The molecule has 0 unspecified atom stereocenters. The molecule has 104 valence electrons. The Morgan fingerprint density at radius 3 is 2.47 bits per heavy atom. The van der Waals surface area contributed by atoms with E-state index in [1.54, 1.807) is 0 Å². The van der Waals surface area contributed by atoms with E-state index in [9.17, 15) is 9.59 Å². The van der Waals surface area contributed by atoms with Crippen molar-refractivity contribution in [3.8, 4) is 0 Å². The molecular weight excluding hydrogens is 308 g/mol. The smallest absolute Gasteiger partial charge is 0.240 e. The van der Waals surface area contributed by atoms with E-state index >= 15 is 0 Å². The lowest BCUT2D eigenvalue weighted by atomic mass is 10.2. The third-order valence-electron chi connectivity index (χ3n) is 2.60. The zero-order valence-electron chi connectivity index (χ0n) is 11.7. The van der Waals surface area contributed by atoms with E-state index < -0.39 is 0 Å². The Labute approximate surface area is 122 Å². The van der Waals surface area contributed by atoms with Gasteiger partial charge >= 0.3 is 0 Å². The van der Waals surface area contributed by atoms with Gasteiger partial charge in [-0.3, -0.25) is 9.59 Å². The van der Waals surface area contributed by atoms with Gasteiger partial charge in [0.25, 0.3) is 0 Å². The van der Waals surface area contributed by atoms with Crippen LogP contribution in [-0.4, -0.2) is 24.4 Å². The van der Waals surface area contributed by atoms with Crippen molar-refractivity contribution < 1.29 is 9.59 Å². The monoisotopic (exact) mass is 326 g/mol. The van der Waals surface area contributed by atoms with E-state index in [0.29, 0.717) is 5.69 Å². The van der Waals surface area contributed by atoms with Crippen molar-refractivity contribution in [3.63, 3.8) is 0 Å². The molecule has 0 aliphatic carbocycles. The molecule has 0 atom stereocenters. The molecule has 0 saturated carbocycles. The highest BCUT2D eigenvalue weighted by atomic mass is 79.9. The largest absolute Gasteiger partial charge is 0.352 e. The van der Waals surface area contributed by atoms with Crippen molar-refractivity contribution in [2.75, 3.05) is 11.4 Å². The van der Waals surface area contributed by atoms with Crippen LogP contribution in [0.3, 0.4) is 0 Å². The fourth-order valence-electron chi connectivity index (χ4n) is 1.65. The standard InChI is InChI=1S/C14H19BrN2O2/c1-9(2)16-14(19)8-17(11(4)18)12-6-5-10(3)13(15)7-12/h5-7,9H,8H2,1-4H3,(H,16,19). The van der Waals surface area contributed by atoms with Gasteiger partial charge in [-0.15, -0.1) is 0 Å². The van der Waals surface area contributed by atoms with E-state index in [2.05, 4.69) is 21.2 Å². The average Bonchev–Trinajstić information content (AvgIpc) is 2.28. The summed E-state index contributed by atoms with van der Waals surface area (Å²) in [6.07, 6.45) is 0. The van der Waals surface area contributed by atoms with Crippen LogP contribution in [0.5, 0.6) is 0 Å². The Bertz CT molecular complexity index is 486. The van der Waals surface area contributed by atoms with Crippen LogP contribution in [0.1, 0.15) is 26.3 Å². The number of carbonyl (C=O) groups is 2. The van der Waals surface area contributed by atoms with Crippen LogP contribution in [0.15, 0.2) is 22.7 Å². The summed E-state index contributed by atoms with van der Waals surface area (Å²) in [5.74, 6) is -0.323. The highest BCUT2D eigenvalue weighted by Gasteiger charge is 2.16. The van der Waals surface area contributed by atoms with Crippen LogP contribution in [0.25, 0.3) is 0 Å². The number of halogens is 1. The molecule has 0 saturated heterocycles. The summed E-state index contributed by atoms with van der Waals surface area (Å²) in [5.41, 5.74) is 1.79. The van der Waals surface area contributed by atoms with Crippen LogP contribution in [0.2, 0.25) is 0 Å².